The van der Waals surface area contributed by atoms with Gasteiger partial charge in [0.05, 0.1) is 5.75 Å². The highest BCUT2D eigenvalue weighted by Crippen LogP contribution is 2.38. The fourth-order valence-corrected chi connectivity index (χ4v) is 4.72. The van der Waals surface area contributed by atoms with Crippen molar-refractivity contribution < 1.29 is 13.2 Å². The van der Waals surface area contributed by atoms with Crippen LogP contribution in [0, 0.1) is 0 Å². The van der Waals surface area contributed by atoms with Crippen molar-refractivity contribution >= 4 is 21.7 Å². The highest BCUT2D eigenvalue weighted by Gasteiger charge is 2.25. The molecule has 2 N–H and O–H groups in total. The lowest BCUT2D eigenvalue weighted by Crippen LogP contribution is -2.39. The topological polar surface area (TPSA) is 78.5 Å². The van der Waals surface area contributed by atoms with Crippen molar-refractivity contribution in [1.29, 1.82) is 0 Å². The summed E-state index contributed by atoms with van der Waals surface area (Å²) in [5, 5.41) is 2.86. The predicted molar refractivity (Wildman–Crippen MR) is 99.6 cm³/mol. The Morgan fingerprint density at radius 3 is 2.28 bits per heavy atom. The maximum atomic E-state index is 12.3. The SMILES string of the molecule is CCN(C)CCS(=O)(=O)NC(=O)Nc1c2c(cc3c1CCC3)CCC2. The molecule has 0 radical (unpaired) electrons. The first-order valence-electron chi connectivity index (χ1n) is 9.06. The van der Waals surface area contributed by atoms with Crippen LogP contribution < -0.4 is 10.0 Å². The highest BCUT2D eigenvalue weighted by atomic mass is 32.2. The zero-order valence-electron chi connectivity index (χ0n) is 15.0. The van der Waals surface area contributed by atoms with E-state index in [0.29, 0.717) is 6.54 Å². The van der Waals surface area contributed by atoms with E-state index >= 15 is 0 Å². The normalized spacial score (nSPS) is 16.0. The lowest BCUT2D eigenvalue weighted by Gasteiger charge is -2.17. The Morgan fingerprint density at radius 1 is 1.12 bits per heavy atom. The maximum absolute atomic E-state index is 12.3. The van der Waals surface area contributed by atoms with E-state index in [9.17, 15) is 13.2 Å². The maximum Gasteiger partial charge on any atom is 0.332 e. The van der Waals surface area contributed by atoms with Crippen molar-refractivity contribution in [2.24, 2.45) is 0 Å². The number of fused-ring (bicyclic) bond motifs is 2. The molecule has 2 aliphatic rings. The smallest absolute Gasteiger partial charge is 0.307 e. The van der Waals surface area contributed by atoms with Gasteiger partial charge in [0, 0.05) is 12.2 Å². The zero-order valence-corrected chi connectivity index (χ0v) is 15.8. The fraction of sp³-hybridized carbons (Fsp3) is 0.611. The second kappa shape index (κ2) is 7.33. The first-order chi connectivity index (χ1) is 11.9. The number of carbonyl (C=O) groups excluding carboxylic acids is 1. The Hall–Kier alpha value is -1.60. The van der Waals surface area contributed by atoms with Crippen LogP contribution in [0.2, 0.25) is 0 Å². The van der Waals surface area contributed by atoms with Gasteiger partial charge in [0.1, 0.15) is 0 Å². The number of nitrogens with zero attached hydrogens (tertiary/aromatic N) is 1. The van der Waals surface area contributed by atoms with Crippen molar-refractivity contribution in [3.8, 4) is 0 Å². The van der Waals surface area contributed by atoms with E-state index < -0.39 is 16.1 Å². The Labute approximate surface area is 150 Å². The van der Waals surface area contributed by atoms with E-state index in [0.717, 1.165) is 50.8 Å². The quantitative estimate of drug-likeness (QED) is 0.809. The minimum atomic E-state index is -3.64. The molecule has 0 aliphatic heterocycles. The second-order valence-electron chi connectivity index (χ2n) is 7.00. The first-order valence-corrected chi connectivity index (χ1v) is 10.7. The highest BCUT2D eigenvalue weighted by molar-refractivity contribution is 7.90. The summed E-state index contributed by atoms with van der Waals surface area (Å²) in [7, 11) is -1.78. The molecule has 0 aromatic heterocycles. The Bertz CT molecular complexity index is 742. The Balaban J connectivity index is 1.72. The van der Waals surface area contributed by atoms with E-state index in [1.54, 1.807) is 0 Å². The molecule has 0 spiro atoms. The van der Waals surface area contributed by atoms with Gasteiger partial charge in [0.2, 0.25) is 10.0 Å². The number of amides is 2. The fourth-order valence-electron chi connectivity index (χ4n) is 3.73. The minimum absolute atomic E-state index is 0.0875. The number of hydrogen-bond donors (Lipinski definition) is 2. The van der Waals surface area contributed by atoms with Gasteiger partial charge in [-0.15, -0.1) is 0 Å². The average molecular weight is 365 g/mol. The van der Waals surface area contributed by atoms with E-state index in [-0.39, 0.29) is 5.75 Å². The predicted octanol–water partition coefficient (Wildman–Crippen LogP) is 2.07. The molecule has 0 heterocycles. The third-order valence-electron chi connectivity index (χ3n) is 5.24. The summed E-state index contributed by atoms with van der Waals surface area (Å²) in [5.41, 5.74) is 5.87. The lowest BCUT2D eigenvalue weighted by molar-refractivity contribution is 0.256. The molecule has 2 amide bonds. The molecular weight excluding hydrogens is 338 g/mol. The van der Waals surface area contributed by atoms with Crippen LogP contribution in [0.3, 0.4) is 0 Å². The molecule has 0 unspecified atom stereocenters. The van der Waals surface area contributed by atoms with E-state index in [1.807, 2.05) is 18.9 Å². The second-order valence-corrected chi connectivity index (χ2v) is 8.85. The monoisotopic (exact) mass is 365 g/mol. The Kier molecular flexibility index (Phi) is 5.34. The number of sulfonamides is 1. The van der Waals surface area contributed by atoms with Crippen LogP contribution in [0.25, 0.3) is 0 Å². The van der Waals surface area contributed by atoms with Crippen LogP contribution in [0.1, 0.15) is 42.0 Å². The third-order valence-corrected chi connectivity index (χ3v) is 6.46. The van der Waals surface area contributed by atoms with Gasteiger partial charge in [0.25, 0.3) is 0 Å². The first kappa shape index (κ1) is 18.2. The number of nitrogens with one attached hydrogen (secondary N) is 2. The molecule has 7 heteroatoms. The van der Waals surface area contributed by atoms with Crippen LogP contribution >= 0.6 is 0 Å². The van der Waals surface area contributed by atoms with Gasteiger partial charge in [-0.1, -0.05) is 13.0 Å². The summed E-state index contributed by atoms with van der Waals surface area (Å²) < 4.78 is 26.4. The van der Waals surface area contributed by atoms with Gasteiger partial charge >= 0.3 is 6.03 Å². The van der Waals surface area contributed by atoms with Gasteiger partial charge in [-0.05, 0) is 74.4 Å². The van der Waals surface area contributed by atoms with Crippen molar-refractivity contribution in [1.82, 2.24) is 9.62 Å². The summed E-state index contributed by atoms with van der Waals surface area (Å²) in [5.74, 6) is -0.0875. The van der Waals surface area contributed by atoms with Crippen LogP contribution in [-0.4, -0.2) is 45.2 Å². The molecule has 3 rings (SSSR count). The molecule has 0 saturated carbocycles. The van der Waals surface area contributed by atoms with Gasteiger partial charge < -0.3 is 10.2 Å². The van der Waals surface area contributed by atoms with Crippen molar-refractivity contribution in [2.75, 3.05) is 31.2 Å². The summed E-state index contributed by atoms with van der Waals surface area (Å²) >= 11 is 0. The number of aryl methyl sites for hydroxylation is 2. The molecule has 6 nitrogen and oxygen atoms in total. The molecule has 1 aromatic carbocycles. The van der Waals surface area contributed by atoms with Gasteiger partial charge in [-0.3, -0.25) is 0 Å². The van der Waals surface area contributed by atoms with E-state index in [1.165, 1.54) is 22.3 Å². The number of urea groups is 1. The summed E-state index contributed by atoms with van der Waals surface area (Å²) in [6.45, 7) is 3.13. The van der Waals surface area contributed by atoms with Gasteiger partial charge in [-0.25, -0.2) is 17.9 Å². The van der Waals surface area contributed by atoms with Crippen LogP contribution in [-0.2, 0) is 35.7 Å². The van der Waals surface area contributed by atoms with Crippen LogP contribution in [0.15, 0.2) is 6.07 Å². The zero-order chi connectivity index (χ0) is 18.0. The largest absolute Gasteiger partial charge is 0.332 e. The number of anilines is 1. The molecule has 0 saturated heterocycles. The molecule has 1 aromatic rings. The van der Waals surface area contributed by atoms with Crippen LogP contribution in [0.5, 0.6) is 0 Å². The molecule has 138 valence electrons. The lowest BCUT2D eigenvalue weighted by atomic mass is 9.99. The minimum Gasteiger partial charge on any atom is -0.307 e. The van der Waals surface area contributed by atoms with E-state index in [2.05, 4.69) is 16.1 Å². The number of benzene rings is 1. The number of hydrogen-bond acceptors (Lipinski definition) is 4. The molecule has 2 aliphatic carbocycles. The Morgan fingerprint density at radius 2 is 1.72 bits per heavy atom. The molecule has 0 atom stereocenters. The van der Waals surface area contributed by atoms with Crippen molar-refractivity contribution in [3.63, 3.8) is 0 Å². The third kappa shape index (κ3) is 4.15. The molecular formula is C18H27N3O3S. The molecule has 0 fully saturated rings. The number of carbonyl (C=O) groups is 1. The van der Waals surface area contributed by atoms with Crippen LogP contribution in [0.4, 0.5) is 10.5 Å². The average Bonchev–Trinajstić information content (AvgIpc) is 3.20. The van der Waals surface area contributed by atoms with E-state index in [4.69, 9.17) is 0 Å². The standard InChI is InChI=1S/C18H27N3O3S/c1-3-21(2)10-11-25(23,24)20-18(22)19-17-15-8-4-6-13(15)12-14-7-5-9-16(14)17/h12H,3-11H2,1-2H3,(H2,19,20,22). The summed E-state index contributed by atoms with van der Waals surface area (Å²) in [6, 6.07) is 1.64. The van der Waals surface area contributed by atoms with Gasteiger partial charge in [0.15, 0.2) is 0 Å². The summed E-state index contributed by atoms with van der Waals surface area (Å²) in [6.07, 6.45) is 6.17. The van der Waals surface area contributed by atoms with Crippen molar-refractivity contribution in [2.45, 2.75) is 45.4 Å². The molecule has 0 bridgehead atoms. The van der Waals surface area contributed by atoms with Crippen molar-refractivity contribution in [3.05, 3.63) is 28.3 Å². The van der Waals surface area contributed by atoms with Gasteiger partial charge in [-0.2, -0.15) is 0 Å². The number of rotatable bonds is 6. The summed E-state index contributed by atoms with van der Waals surface area (Å²) in [4.78, 5) is 14.2. The molecule has 25 heavy (non-hydrogen) atoms.